The van der Waals surface area contributed by atoms with Crippen LogP contribution in [0.1, 0.15) is 37.1 Å². The molecule has 0 aliphatic rings. The van der Waals surface area contributed by atoms with E-state index in [1.54, 1.807) is 7.11 Å². The third-order valence-electron chi connectivity index (χ3n) is 2.74. The molecule has 3 nitrogen and oxygen atoms in total. The van der Waals surface area contributed by atoms with Crippen molar-refractivity contribution in [3.63, 3.8) is 0 Å². The van der Waals surface area contributed by atoms with Gasteiger partial charge in [0.15, 0.2) is 0 Å². The van der Waals surface area contributed by atoms with Crippen molar-refractivity contribution in [3.05, 3.63) is 22.4 Å². The average molecular weight is 271 g/mol. The van der Waals surface area contributed by atoms with E-state index < -0.39 is 0 Å². The number of hydrogen-bond acceptors (Lipinski definition) is 4. The zero-order chi connectivity index (χ0) is 13.1. The molecular formula is C14H25NO2S. The Morgan fingerprint density at radius 1 is 1.33 bits per heavy atom. The first-order valence-electron chi connectivity index (χ1n) is 6.72. The van der Waals surface area contributed by atoms with Crippen LogP contribution < -0.4 is 5.32 Å². The van der Waals surface area contributed by atoms with E-state index in [1.165, 1.54) is 17.7 Å². The molecule has 0 aromatic carbocycles. The Morgan fingerprint density at radius 2 is 2.22 bits per heavy atom. The van der Waals surface area contributed by atoms with E-state index >= 15 is 0 Å². The van der Waals surface area contributed by atoms with Crippen LogP contribution in [0.4, 0.5) is 0 Å². The maximum atomic E-state index is 5.54. The van der Waals surface area contributed by atoms with Crippen molar-refractivity contribution < 1.29 is 9.47 Å². The van der Waals surface area contributed by atoms with Gasteiger partial charge in [-0.15, -0.1) is 11.3 Å². The Morgan fingerprint density at radius 3 is 2.89 bits per heavy atom. The zero-order valence-corrected chi connectivity index (χ0v) is 12.3. The normalized spacial score (nSPS) is 12.8. The SMILES string of the molecule is CCCC(NCCOCCCOC)c1cccs1. The van der Waals surface area contributed by atoms with Crippen molar-refractivity contribution in [2.75, 3.05) is 33.5 Å². The van der Waals surface area contributed by atoms with Crippen LogP contribution in [0.15, 0.2) is 17.5 Å². The fourth-order valence-electron chi connectivity index (χ4n) is 1.84. The van der Waals surface area contributed by atoms with Crippen molar-refractivity contribution in [3.8, 4) is 0 Å². The zero-order valence-electron chi connectivity index (χ0n) is 11.5. The minimum absolute atomic E-state index is 0.484. The second-order valence-corrected chi connectivity index (χ2v) is 5.25. The highest BCUT2D eigenvalue weighted by Crippen LogP contribution is 2.22. The number of hydrogen-bond donors (Lipinski definition) is 1. The molecule has 0 amide bonds. The lowest BCUT2D eigenvalue weighted by atomic mass is 10.1. The van der Waals surface area contributed by atoms with Gasteiger partial charge in [0, 0.05) is 37.8 Å². The molecule has 0 aliphatic carbocycles. The molecule has 0 bridgehead atoms. The summed E-state index contributed by atoms with van der Waals surface area (Å²) in [6, 6.07) is 4.81. The number of thiophene rings is 1. The monoisotopic (exact) mass is 271 g/mol. The molecule has 18 heavy (non-hydrogen) atoms. The molecular weight excluding hydrogens is 246 g/mol. The van der Waals surface area contributed by atoms with Gasteiger partial charge in [0.1, 0.15) is 0 Å². The lowest BCUT2D eigenvalue weighted by molar-refractivity contribution is 0.103. The molecule has 0 saturated carbocycles. The molecule has 4 heteroatoms. The van der Waals surface area contributed by atoms with Gasteiger partial charge in [0.25, 0.3) is 0 Å². The number of rotatable bonds is 11. The lowest BCUT2D eigenvalue weighted by Gasteiger charge is -2.16. The smallest absolute Gasteiger partial charge is 0.0591 e. The Kier molecular flexibility index (Phi) is 9.12. The standard InChI is InChI=1S/C14H25NO2S/c1-3-6-13(14-7-4-12-18-14)15-8-11-17-10-5-9-16-2/h4,7,12-13,15H,3,5-6,8-11H2,1-2H3. The van der Waals surface area contributed by atoms with Gasteiger partial charge in [0.2, 0.25) is 0 Å². The molecule has 1 aromatic heterocycles. The van der Waals surface area contributed by atoms with Crippen molar-refractivity contribution in [1.82, 2.24) is 5.32 Å². The van der Waals surface area contributed by atoms with Crippen LogP contribution >= 0.6 is 11.3 Å². The van der Waals surface area contributed by atoms with Gasteiger partial charge < -0.3 is 14.8 Å². The molecule has 0 spiro atoms. The third-order valence-corrected chi connectivity index (χ3v) is 3.72. The molecule has 1 unspecified atom stereocenters. The van der Waals surface area contributed by atoms with Gasteiger partial charge >= 0.3 is 0 Å². The maximum absolute atomic E-state index is 5.54. The number of ether oxygens (including phenoxy) is 2. The van der Waals surface area contributed by atoms with Crippen LogP contribution in [0, 0.1) is 0 Å². The summed E-state index contributed by atoms with van der Waals surface area (Å²) in [5.41, 5.74) is 0. The minimum atomic E-state index is 0.484. The van der Waals surface area contributed by atoms with Crippen molar-refractivity contribution in [2.24, 2.45) is 0 Å². The average Bonchev–Trinajstić information content (AvgIpc) is 2.90. The molecule has 1 atom stereocenters. The molecule has 1 heterocycles. The van der Waals surface area contributed by atoms with E-state index in [0.29, 0.717) is 6.04 Å². The summed E-state index contributed by atoms with van der Waals surface area (Å²) in [7, 11) is 1.72. The van der Waals surface area contributed by atoms with E-state index in [1.807, 2.05) is 11.3 Å². The Hall–Kier alpha value is -0.420. The summed E-state index contributed by atoms with van der Waals surface area (Å²) >= 11 is 1.83. The van der Waals surface area contributed by atoms with E-state index in [9.17, 15) is 0 Å². The molecule has 0 radical (unpaired) electrons. The van der Waals surface area contributed by atoms with E-state index in [4.69, 9.17) is 9.47 Å². The fraction of sp³-hybridized carbons (Fsp3) is 0.714. The molecule has 1 N–H and O–H groups in total. The molecule has 0 aliphatic heterocycles. The Balaban J connectivity index is 2.11. The van der Waals surface area contributed by atoms with E-state index in [-0.39, 0.29) is 0 Å². The van der Waals surface area contributed by atoms with Gasteiger partial charge in [0.05, 0.1) is 6.61 Å². The molecule has 1 aromatic rings. The van der Waals surface area contributed by atoms with Crippen LogP contribution in [-0.4, -0.2) is 33.5 Å². The number of nitrogens with one attached hydrogen (secondary N) is 1. The summed E-state index contributed by atoms with van der Waals surface area (Å²) in [5, 5.41) is 5.71. The van der Waals surface area contributed by atoms with E-state index in [2.05, 4.69) is 29.8 Å². The second kappa shape index (κ2) is 10.5. The Bertz CT molecular complexity index is 277. The highest BCUT2D eigenvalue weighted by Gasteiger charge is 2.09. The van der Waals surface area contributed by atoms with Gasteiger partial charge in [-0.25, -0.2) is 0 Å². The predicted molar refractivity (Wildman–Crippen MR) is 77.3 cm³/mol. The first-order valence-corrected chi connectivity index (χ1v) is 7.60. The summed E-state index contributed by atoms with van der Waals surface area (Å²) in [6.07, 6.45) is 3.36. The fourth-order valence-corrected chi connectivity index (χ4v) is 2.67. The van der Waals surface area contributed by atoms with Gasteiger partial charge in [-0.3, -0.25) is 0 Å². The predicted octanol–water partition coefficient (Wildman–Crippen LogP) is 3.23. The summed E-state index contributed by atoms with van der Waals surface area (Å²) in [5.74, 6) is 0. The second-order valence-electron chi connectivity index (χ2n) is 4.27. The van der Waals surface area contributed by atoms with Gasteiger partial charge in [-0.2, -0.15) is 0 Å². The van der Waals surface area contributed by atoms with Crippen molar-refractivity contribution >= 4 is 11.3 Å². The van der Waals surface area contributed by atoms with Crippen LogP contribution in [0.5, 0.6) is 0 Å². The highest BCUT2D eigenvalue weighted by molar-refractivity contribution is 7.10. The first-order chi connectivity index (χ1) is 8.88. The highest BCUT2D eigenvalue weighted by atomic mass is 32.1. The maximum Gasteiger partial charge on any atom is 0.0591 e. The molecule has 0 saturated heterocycles. The largest absolute Gasteiger partial charge is 0.385 e. The van der Waals surface area contributed by atoms with Crippen molar-refractivity contribution in [2.45, 2.75) is 32.2 Å². The lowest BCUT2D eigenvalue weighted by Crippen LogP contribution is -2.25. The number of methoxy groups -OCH3 is 1. The van der Waals surface area contributed by atoms with Crippen LogP contribution in [0.2, 0.25) is 0 Å². The molecule has 104 valence electrons. The summed E-state index contributed by atoms with van der Waals surface area (Å²) in [6.45, 7) is 5.47. The van der Waals surface area contributed by atoms with E-state index in [0.717, 1.165) is 32.8 Å². The molecule has 1 rings (SSSR count). The van der Waals surface area contributed by atoms with Crippen LogP contribution in [-0.2, 0) is 9.47 Å². The molecule has 0 fully saturated rings. The summed E-state index contributed by atoms with van der Waals surface area (Å²) < 4.78 is 10.5. The Labute approximate surface area is 114 Å². The van der Waals surface area contributed by atoms with Crippen molar-refractivity contribution in [1.29, 1.82) is 0 Å². The quantitative estimate of drug-likeness (QED) is 0.627. The van der Waals surface area contributed by atoms with Gasteiger partial charge in [-0.1, -0.05) is 19.4 Å². The summed E-state index contributed by atoms with van der Waals surface area (Å²) in [4.78, 5) is 1.43. The topological polar surface area (TPSA) is 30.5 Å². The first kappa shape index (κ1) is 15.6. The van der Waals surface area contributed by atoms with Gasteiger partial charge in [-0.05, 0) is 24.3 Å². The minimum Gasteiger partial charge on any atom is -0.385 e. The third kappa shape index (κ3) is 6.50. The van der Waals surface area contributed by atoms with Crippen LogP contribution in [0.3, 0.4) is 0 Å². The van der Waals surface area contributed by atoms with Crippen LogP contribution in [0.25, 0.3) is 0 Å².